The van der Waals surface area contributed by atoms with Crippen molar-refractivity contribution in [3.63, 3.8) is 0 Å². The summed E-state index contributed by atoms with van der Waals surface area (Å²) in [6.45, 7) is 4.22. The number of nitrogens with zero attached hydrogens (tertiary/aromatic N) is 1. The molecule has 1 saturated heterocycles. The summed E-state index contributed by atoms with van der Waals surface area (Å²) in [5.74, 6) is 0.451. The van der Waals surface area contributed by atoms with Crippen LogP contribution in [0.1, 0.15) is 37.7 Å². The summed E-state index contributed by atoms with van der Waals surface area (Å²) >= 11 is 5.78. The third-order valence-electron chi connectivity index (χ3n) is 4.82. The Hall–Kier alpha value is -0.640. The number of hydrogen-bond acceptors (Lipinski definition) is 2. The van der Waals surface area contributed by atoms with Crippen LogP contribution < -0.4 is 5.32 Å². The van der Waals surface area contributed by atoms with E-state index in [4.69, 9.17) is 11.6 Å². The molecule has 1 aliphatic heterocycles. The van der Waals surface area contributed by atoms with Gasteiger partial charge in [0.2, 0.25) is 0 Å². The molecule has 0 radical (unpaired) electrons. The number of rotatable bonds is 5. The quantitative estimate of drug-likeness (QED) is 0.889. The van der Waals surface area contributed by atoms with Gasteiger partial charge in [0.05, 0.1) is 5.02 Å². The molecule has 21 heavy (non-hydrogen) atoms. The Morgan fingerprint density at radius 2 is 1.95 bits per heavy atom. The summed E-state index contributed by atoms with van der Waals surface area (Å²) in [6, 6.07) is 5.89. The molecule has 0 amide bonds. The van der Waals surface area contributed by atoms with Crippen LogP contribution in [-0.2, 0) is 6.54 Å². The van der Waals surface area contributed by atoms with Crippen LogP contribution in [0.3, 0.4) is 0 Å². The highest BCUT2D eigenvalue weighted by Gasteiger charge is 2.26. The predicted molar refractivity (Wildman–Crippen MR) is 85.1 cm³/mol. The van der Waals surface area contributed by atoms with Gasteiger partial charge >= 0.3 is 0 Å². The van der Waals surface area contributed by atoms with Crippen LogP contribution in [0.2, 0.25) is 5.02 Å². The molecule has 1 aromatic rings. The molecule has 1 aliphatic carbocycles. The van der Waals surface area contributed by atoms with Gasteiger partial charge in [-0.1, -0.05) is 36.9 Å². The van der Waals surface area contributed by atoms with Gasteiger partial charge in [-0.2, -0.15) is 0 Å². The second-order valence-electron chi connectivity index (χ2n) is 6.49. The number of benzene rings is 1. The van der Waals surface area contributed by atoms with Gasteiger partial charge in [0.1, 0.15) is 5.82 Å². The molecule has 1 aromatic carbocycles. The minimum Gasteiger partial charge on any atom is -0.316 e. The van der Waals surface area contributed by atoms with Crippen molar-refractivity contribution in [2.24, 2.45) is 5.92 Å². The molecule has 2 aliphatic rings. The van der Waals surface area contributed by atoms with Gasteiger partial charge in [-0.3, -0.25) is 4.90 Å². The second kappa shape index (κ2) is 7.08. The van der Waals surface area contributed by atoms with E-state index >= 15 is 0 Å². The maximum Gasteiger partial charge on any atom is 0.142 e. The van der Waals surface area contributed by atoms with Crippen LogP contribution in [0.5, 0.6) is 0 Å². The molecular weight excluding hydrogens is 287 g/mol. The fourth-order valence-electron chi connectivity index (χ4n) is 3.47. The molecule has 1 N–H and O–H groups in total. The highest BCUT2D eigenvalue weighted by molar-refractivity contribution is 6.30. The van der Waals surface area contributed by atoms with Crippen molar-refractivity contribution >= 4 is 11.6 Å². The van der Waals surface area contributed by atoms with Crippen LogP contribution in [-0.4, -0.2) is 30.6 Å². The van der Waals surface area contributed by atoms with Crippen molar-refractivity contribution in [2.45, 2.75) is 44.7 Å². The van der Waals surface area contributed by atoms with E-state index in [0.29, 0.717) is 6.04 Å². The minimum atomic E-state index is -0.303. The largest absolute Gasteiger partial charge is 0.316 e. The minimum absolute atomic E-state index is 0.214. The molecular formula is C17H24ClFN2. The van der Waals surface area contributed by atoms with Crippen LogP contribution in [0.25, 0.3) is 0 Å². The lowest BCUT2D eigenvalue weighted by Gasteiger charge is -2.39. The van der Waals surface area contributed by atoms with Gasteiger partial charge in [0.25, 0.3) is 0 Å². The zero-order valence-electron chi connectivity index (χ0n) is 12.5. The van der Waals surface area contributed by atoms with E-state index in [-0.39, 0.29) is 10.8 Å². The van der Waals surface area contributed by atoms with E-state index in [0.717, 1.165) is 37.7 Å². The van der Waals surface area contributed by atoms with Crippen LogP contribution in [0.4, 0.5) is 4.39 Å². The molecule has 4 heteroatoms. The topological polar surface area (TPSA) is 15.3 Å². The molecule has 1 saturated carbocycles. The van der Waals surface area contributed by atoms with Crippen LogP contribution >= 0.6 is 11.6 Å². The lowest BCUT2D eigenvalue weighted by molar-refractivity contribution is 0.109. The van der Waals surface area contributed by atoms with Gasteiger partial charge in [-0.25, -0.2) is 4.39 Å². The lowest BCUT2D eigenvalue weighted by Crippen LogP contribution is -2.50. The average Bonchev–Trinajstić information content (AvgIpc) is 2.46. The first kappa shape index (κ1) is 15.3. The Bertz CT molecular complexity index is 470. The van der Waals surface area contributed by atoms with Crippen LogP contribution in [0, 0.1) is 11.7 Å². The first-order valence-electron chi connectivity index (χ1n) is 8.11. The van der Waals surface area contributed by atoms with Crippen molar-refractivity contribution in [3.8, 4) is 0 Å². The summed E-state index contributed by atoms with van der Waals surface area (Å²) in [5.41, 5.74) is 1.04. The van der Waals surface area contributed by atoms with Gasteiger partial charge in [0, 0.05) is 32.2 Å². The summed E-state index contributed by atoms with van der Waals surface area (Å²) in [5, 5.41) is 3.56. The van der Waals surface area contributed by atoms with E-state index in [2.05, 4.69) is 10.2 Å². The number of halogens is 2. The number of hydrogen-bond donors (Lipinski definition) is 1. The molecule has 1 heterocycles. The third-order valence-corrected chi connectivity index (χ3v) is 5.13. The molecule has 116 valence electrons. The van der Waals surface area contributed by atoms with Gasteiger partial charge in [-0.05, 0) is 36.5 Å². The van der Waals surface area contributed by atoms with Gasteiger partial charge in [-0.15, -0.1) is 0 Å². The first-order valence-corrected chi connectivity index (χ1v) is 8.49. The molecule has 3 rings (SSSR count). The van der Waals surface area contributed by atoms with Crippen molar-refractivity contribution in [2.75, 3.05) is 19.6 Å². The standard InChI is InChI=1S/C17H24ClFN2/c18-16-7-6-13(8-17(16)19)11-21(12-14-9-20-10-14)15-4-2-1-3-5-15/h6-8,14-15,20H,1-5,9-12H2. The zero-order chi connectivity index (χ0) is 14.7. The fourth-order valence-corrected chi connectivity index (χ4v) is 3.59. The maximum absolute atomic E-state index is 13.7. The van der Waals surface area contributed by atoms with E-state index < -0.39 is 0 Å². The first-order chi connectivity index (χ1) is 10.2. The SMILES string of the molecule is Fc1cc(CN(CC2CNC2)C2CCCCC2)ccc1Cl. The smallest absolute Gasteiger partial charge is 0.142 e. The van der Waals surface area contributed by atoms with Crippen LogP contribution in [0.15, 0.2) is 18.2 Å². The summed E-state index contributed by atoms with van der Waals surface area (Å²) in [6.07, 6.45) is 6.61. The summed E-state index contributed by atoms with van der Waals surface area (Å²) in [7, 11) is 0. The van der Waals surface area contributed by atoms with Gasteiger partial charge < -0.3 is 5.32 Å². The fraction of sp³-hybridized carbons (Fsp3) is 0.647. The number of nitrogens with one attached hydrogen (secondary N) is 1. The zero-order valence-corrected chi connectivity index (χ0v) is 13.2. The molecule has 0 aromatic heterocycles. The van der Waals surface area contributed by atoms with Gasteiger partial charge in [0.15, 0.2) is 0 Å². The second-order valence-corrected chi connectivity index (χ2v) is 6.90. The van der Waals surface area contributed by atoms with E-state index in [1.807, 2.05) is 6.07 Å². The molecule has 0 bridgehead atoms. The summed E-state index contributed by atoms with van der Waals surface area (Å²) < 4.78 is 13.7. The molecule has 0 unspecified atom stereocenters. The monoisotopic (exact) mass is 310 g/mol. The Labute approximate surface area is 131 Å². The highest BCUT2D eigenvalue weighted by atomic mass is 35.5. The highest BCUT2D eigenvalue weighted by Crippen LogP contribution is 2.26. The predicted octanol–water partition coefficient (Wildman–Crippen LogP) is 3.83. The maximum atomic E-state index is 13.7. The summed E-state index contributed by atoms with van der Waals surface area (Å²) in [4.78, 5) is 2.58. The molecule has 2 fully saturated rings. The lowest BCUT2D eigenvalue weighted by atomic mass is 9.92. The van der Waals surface area contributed by atoms with E-state index in [9.17, 15) is 4.39 Å². The van der Waals surface area contributed by atoms with Crippen molar-refractivity contribution in [1.29, 1.82) is 0 Å². The van der Waals surface area contributed by atoms with E-state index in [1.54, 1.807) is 12.1 Å². The van der Waals surface area contributed by atoms with Crippen molar-refractivity contribution in [1.82, 2.24) is 10.2 Å². The normalized spacial score (nSPS) is 20.7. The van der Waals surface area contributed by atoms with Crippen molar-refractivity contribution < 1.29 is 4.39 Å². The Morgan fingerprint density at radius 1 is 1.19 bits per heavy atom. The Kier molecular flexibility index (Phi) is 5.15. The Morgan fingerprint density at radius 3 is 2.57 bits per heavy atom. The molecule has 0 atom stereocenters. The average molecular weight is 311 g/mol. The van der Waals surface area contributed by atoms with E-state index in [1.165, 1.54) is 32.1 Å². The van der Waals surface area contributed by atoms with Crippen molar-refractivity contribution in [3.05, 3.63) is 34.6 Å². The third kappa shape index (κ3) is 3.97. The Balaban J connectivity index is 1.68. The molecule has 0 spiro atoms. The molecule has 2 nitrogen and oxygen atoms in total.